The topological polar surface area (TPSA) is 310 Å². The molecule has 10 atom stereocenters. The van der Waals surface area contributed by atoms with Crippen molar-refractivity contribution < 1.29 is 72.6 Å². The number of imidazole rings is 1. The van der Waals surface area contributed by atoms with Crippen LogP contribution in [-0.4, -0.2) is 139 Å². The largest absolute Gasteiger partial charge is 0.507 e. The first-order chi connectivity index (χ1) is 40.5. The van der Waals surface area contributed by atoms with E-state index in [-0.39, 0.29) is 86.1 Å². The van der Waals surface area contributed by atoms with Crippen molar-refractivity contribution in [2.45, 2.75) is 111 Å². The molecule has 24 nitrogen and oxygen atoms in total. The monoisotopic (exact) mass is 1170 g/mol. The third kappa shape index (κ3) is 11.6. The van der Waals surface area contributed by atoms with E-state index < -0.39 is 93.3 Å². The molecule has 0 saturated carbocycles. The molecule has 10 rings (SSSR count). The number of phenolic OH excluding ortho intramolecular Hbond substituents is 2. The molecule has 1 aromatic heterocycles. The van der Waals surface area contributed by atoms with Crippen molar-refractivity contribution in [3.05, 3.63) is 121 Å². The molecule has 24 heteroatoms. The molecule has 85 heavy (non-hydrogen) atoms. The fourth-order valence-corrected chi connectivity index (χ4v) is 11.8. The number of phenols is 2. The second-order valence-electron chi connectivity index (χ2n) is 22.7. The number of ether oxygens (including phenoxy) is 6. The molecule has 4 bridgehead atoms. The number of allylic oxidation sites excluding steroid dienone is 2. The van der Waals surface area contributed by atoms with Gasteiger partial charge in [-0.1, -0.05) is 70.2 Å². The number of methoxy groups -OCH3 is 1. The van der Waals surface area contributed by atoms with Crippen LogP contribution < -0.4 is 25.1 Å². The highest BCUT2D eigenvalue weighted by molar-refractivity contribution is 6.22. The summed E-state index contributed by atoms with van der Waals surface area (Å²) in [6, 6.07) is 11.4. The first-order valence-corrected chi connectivity index (χ1v) is 28.1. The Morgan fingerprint density at radius 2 is 1.69 bits per heavy atom. The zero-order valence-electron chi connectivity index (χ0n) is 48.6. The Balaban J connectivity index is 0.968. The van der Waals surface area contributed by atoms with Gasteiger partial charge in [0.2, 0.25) is 5.43 Å². The average Bonchev–Trinajstić information content (AvgIpc) is 1.71. The maximum atomic E-state index is 15.1. The molecule has 450 valence electrons. The number of ketones is 1. The first kappa shape index (κ1) is 59.7. The number of carbonyl (C=O) groups excluding carboxylic acids is 3. The molecule has 6 aliphatic rings. The number of Topliss-reactive ketones (excluding diaryl/α,β-unsaturated/α-hetero) is 1. The summed E-state index contributed by atoms with van der Waals surface area (Å²) < 4.78 is 44.0. The quantitative estimate of drug-likeness (QED) is 0.0318. The molecule has 1 amide bonds. The summed E-state index contributed by atoms with van der Waals surface area (Å²) in [5.41, 5.74) is 0.982. The van der Waals surface area contributed by atoms with Crippen LogP contribution in [-0.2, 0) is 48.2 Å². The number of nitro groups is 1. The fourth-order valence-electron chi connectivity index (χ4n) is 11.8. The Labute approximate surface area is 488 Å². The highest BCUT2D eigenvalue weighted by Gasteiger charge is 2.50. The average molecular weight is 1170 g/mol. The standard InChI is InChI=1S/C61H69N7O17/c1-30-12-10-13-31(2)59(76)64-50-54(74)46-45(47-56(35(6)53(46)73)85-61(8,58(47)75)82-21-16-42(79-9)32(3)55(83-36(7)69)34(5)52(72)33(4)51(30)71)49-57(50)84-43-24-39(23-41(70)48(43)63-49)66-19-17-65(18-20-66)25-37-14-11-15-38(22-37)28-80-40-26-67-27-44(68(77)78)62-60(67)81-29-40/h10-16,21-24,27,30,32-34,40,42,51-52,55,70-73H,17-20,25-26,28-29H2,1-9H3,(H,64,76)/b12-10+,21-16+,31-13-/t30-,32+,33+,34+,40-,42-,51-,52+,55+,61-/m0/s1. The smallest absolute Gasteiger partial charge is 0.414 e. The zero-order chi connectivity index (χ0) is 60.9. The van der Waals surface area contributed by atoms with Crippen LogP contribution in [0.3, 0.4) is 0 Å². The molecule has 0 radical (unpaired) electrons. The summed E-state index contributed by atoms with van der Waals surface area (Å²) in [7, 11) is 1.43. The number of hydrogen-bond acceptors (Lipinski definition) is 21. The third-order valence-corrected chi connectivity index (χ3v) is 16.7. The minimum atomic E-state index is -2.12. The fraction of sp³-hybridized carbons (Fsp3) is 0.443. The van der Waals surface area contributed by atoms with E-state index in [1.54, 1.807) is 56.5 Å². The van der Waals surface area contributed by atoms with E-state index in [4.69, 9.17) is 37.8 Å². The van der Waals surface area contributed by atoms with Gasteiger partial charge in [-0.05, 0) is 36.0 Å². The van der Waals surface area contributed by atoms with Gasteiger partial charge in [-0.15, -0.1) is 0 Å². The second-order valence-corrected chi connectivity index (χ2v) is 22.7. The third-order valence-electron chi connectivity index (χ3n) is 16.7. The SMILES string of the molecule is CO[C@H]1/C=C/O[C@@]2(C)Oc3c(C)c(O)c4c(=O)c(c5oc6cc(N7CCN(Cc8cccc(CO[C@@H]9COc%10nc([N+](=O)[O-])cn%10C9)c8)CC7)cc(O)c6nc-5c4c3C2=O)NC(=O)/C(C)=C\C=C\[C@H](C)[C@H](O)[C@@H](C)[C@@H](O)[C@@H](C)[C@H](OC(C)=O)[C@@H]1C. The van der Waals surface area contributed by atoms with Crippen molar-refractivity contribution in [3.8, 4) is 34.7 Å². The summed E-state index contributed by atoms with van der Waals surface area (Å²) in [6.45, 7) is 16.3. The molecule has 3 aromatic carbocycles. The number of piperazine rings is 1. The van der Waals surface area contributed by atoms with E-state index in [1.807, 2.05) is 18.2 Å². The van der Waals surface area contributed by atoms with Crippen LogP contribution in [0.5, 0.6) is 23.3 Å². The molecular weight excluding hydrogens is 1100 g/mol. The van der Waals surface area contributed by atoms with Gasteiger partial charge >= 0.3 is 23.6 Å². The van der Waals surface area contributed by atoms with E-state index in [1.165, 1.54) is 59.4 Å². The summed E-state index contributed by atoms with van der Waals surface area (Å²) in [5.74, 6) is -8.49. The van der Waals surface area contributed by atoms with E-state index in [2.05, 4.69) is 26.2 Å². The summed E-state index contributed by atoms with van der Waals surface area (Å²) in [4.78, 5) is 80.6. The lowest BCUT2D eigenvalue weighted by atomic mass is 9.78. The number of benzene rings is 4. The first-order valence-electron chi connectivity index (χ1n) is 28.1. The molecular formula is C61H69N7O17. The van der Waals surface area contributed by atoms with Gasteiger partial charge in [0, 0.05) is 117 Å². The maximum absolute atomic E-state index is 15.1. The highest BCUT2D eigenvalue weighted by Crippen LogP contribution is 2.51. The van der Waals surface area contributed by atoms with Gasteiger partial charge in [0.05, 0.1) is 48.7 Å². The highest BCUT2D eigenvalue weighted by atomic mass is 16.7. The van der Waals surface area contributed by atoms with Crippen LogP contribution >= 0.6 is 0 Å². The number of anilines is 2. The number of aliphatic hydroxyl groups is 2. The molecule has 0 unspecified atom stereocenters. The van der Waals surface area contributed by atoms with E-state index in [0.717, 1.165) is 11.1 Å². The van der Waals surface area contributed by atoms with Gasteiger partial charge in [-0.3, -0.25) is 28.6 Å². The van der Waals surface area contributed by atoms with Crippen LogP contribution in [0, 0.1) is 40.7 Å². The Bertz CT molecular complexity index is 3730. The normalized spacial score (nSPS) is 27.4. The van der Waals surface area contributed by atoms with Crippen molar-refractivity contribution >= 4 is 56.7 Å². The van der Waals surface area contributed by atoms with Gasteiger partial charge < -0.3 is 73.6 Å². The molecule has 4 aromatic rings. The van der Waals surface area contributed by atoms with E-state index in [9.17, 15) is 44.9 Å². The number of esters is 1. The molecule has 6 heterocycles. The van der Waals surface area contributed by atoms with Crippen LogP contribution in [0.4, 0.5) is 17.2 Å². The van der Waals surface area contributed by atoms with Crippen molar-refractivity contribution in [1.82, 2.24) is 19.4 Å². The Hall–Kier alpha value is -8.42. The number of rotatable bonds is 9. The van der Waals surface area contributed by atoms with Crippen molar-refractivity contribution in [3.63, 3.8) is 0 Å². The summed E-state index contributed by atoms with van der Waals surface area (Å²) in [5, 5.41) is 60.4. The van der Waals surface area contributed by atoms with Crippen molar-refractivity contribution in [1.29, 1.82) is 0 Å². The van der Waals surface area contributed by atoms with Crippen LogP contribution in [0.15, 0.2) is 87.9 Å². The Morgan fingerprint density at radius 3 is 2.41 bits per heavy atom. The number of aromatic nitrogens is 3. The van der Waals surface area contributed by atoms with Gasteiger partial charge in [0.25, 0.3) is 11.7 Å². The van der Waals surface area contributed by atoms with E-state index >= 15 is 4.79 Å². The Kier molecular flexibility index (Phi) is 16.8. The molecule has 1 aliphatic carbocycles. The van der Waals surface area contributed by atoms with Crippen LogP contribution in [0.1, 0.15) is 75.5 Å². The van der Waals surface area contributed by atoms with Crippen molar-refractivity contribution in [2.24, 2.45) is 23.7 Å². The molecule has 5 N–H and O–H groups in total. The van der Waals surface area contributed by atoms with E-state index in [0.29, 0.717) is 51.6 Å². The second kappa shape index (κ2) is 23.9. The lowest BCUT2D eigenvalue weighted by Gasteiger charge is -2.38. The predicted molar refractivity (Wildman–Crippen MR) is 309 cm³/mol. The Morgan fingerprint density at radius 1 is 0.953 bits per heavy atom. The number of nitrogens with zero attached hydrogens (tertiary/aromatic N) is 6. The van der Waals surface area contributed by atoms with Crippen molar-refractivity contribution in [2.75, 3.05) is 50.1 Å². The lowest BCUT2D eigenvalue weighted by molar-refractivity contribution is -0.389. The summed E-state index contributed by atoms with van der Waals surface area (Å²) in [6.07, 6.45) is 4.31. The molecule has 1 fully saturated rings. The minimum Gasteiger partial charge on any atom is -0.507 e. The van der Waals surface area contributed by atoms with Gasteiger partial charge in [-0.2, -0.15) is 0 Å². The summed E-state index contributed by atoms with van der Waals surface area (Å²) >= 11 is 0. The van der Waals surface area contributed by atoms with Gasteiger partial charge in [0.15, 0.2) is 11.3 Å². The number of aromatic hydroxyl groups is 2. The molecule has 0 spiro atoms. The van der Waals surface area contributed by atoms with Crippen LogP contribution in [0.25, 0.3) is 33.3 Å². The maximum Gasteiger partial charge on any atom is 0.414 e. The number of nitrogens with one attached hydrogen (secondary N) is 1. The number of hydrogen-bond donors (Lipinski definition) is 5. The zero-order valence-corrected chi connectivity index (χ0v) is 48.6. The predicted octanol–water partition coefficient (Wildman–Crippen LogP) is 7.06. The van der Waals surface area contributed by atoms with Gasteiger partial charge in [-0.25, -0.2) is 4.98 Å². The molecule has 5 aliphatic heterocycles. The minimum absolute atomic E-state index is 0.00178. The lowest BCUT2D eigenvalue weighted by Crippen LogP contribution is -2.46. The number of carbonyl (C=O) groups is 3. The van der Waals surface area contributed by atoms with Crippen LogP contribution in [0.2, 0.25) is 0 Å². The number of aliphatic hydroxyl groups excluding tert-OH is 2. The molecule has 1 saturated heterocycles. The number of amides is 1. The number of fused-ring (bicyclic) bond motifs is 3. The van der Waals surface area contributed by atoms with Gasteiger partial charge in [0.1, 0.15) is 59.2 Å².